The van der Waals surface area contributed by atoms with Crippen LogP contribution in [0.5, 0.6) is 5.75 Å². The zero-order valence-corrected chi connectivity index (χ0v) is 13.3. The van der Waals surface area contributed by atoms with Crippen molar-refractivity contribution in [1.82, 2.24) is 5.32 Å². The lowest BCUT2D eigenvalue weighted by Crippen LogP contribution is -2.18. The number of rotatable bonds is 7. The van der Waals surface area contributed by atoms with E-state index in [1.54, 1.807) is 0 Å². The summed E-state index contributed by atoms with van der Waals surface area (Å²) in [6.45, 7) is 0. The number of benzene rings is 1. The molecular weight excluding hydrogens is 258 g/mol. The van der Waals surface area contributed by atoms with Crippen LogP contribution in [-0.2, 0) is 0 Å². The smallest absolute Gasteiger partial charge is 0.120 e. The van der Waals surface area contributed by atoms with Crippen molar-refractivity contribution >= 4 is 0 Å². The van der Waals surface area contributed by atoms with Crippen LogP contribution in [-0.4, -0.2) is 13.2 Å². The van der Waals surface area contributed by atoms with Crippen molar-refractivity contribution < 1.29 is 4.74 Å². The monoisotopic (exact) mass is 287 g/mol. The van der Waals surface area contributed by atoms with Gasteiger partial charge in [-0.3, -0.25) is 0 Å². The van der Waals surface area contributed by atoms with E-state index in [1.807, 2.05) is 0 Å². The van der Waals surface area contributed by atoms with Gasteiger partial charge in [0.05, 0.1) is 6.10 Å². The van der Waals surface area contributed by atoms with Crippen LogP contribution in [0.1, 0.15) is 69.4 Å². The molecule has 0 radical (unpaired) electrons. The van der Waals surface area contributed by atoms with Crippen molar-refractivity contribution in [2.75, 3.05) is 7.05 Å². The molecule has 116 valence electrons. The van der Waals surface area contributed by atoms with Gasteiger partial charge in [0.15, 0.2) is 0 Å². The van der Waals surface area contributed by atoms with E-state index in [0.29, 0.717) is 12.1 Å². The molecule has 1 aromatic carbocycles. The predicted molar refractivity (Wildman–Crippen MR) is 87.7 cm³/mol. The molecule has 0 bridgehead atoms. The van der Waals surface area contributed by atoms with Crippen molar-refractivity contribution in [3.8, 4) is 5.75 Å². The molecule has 21 heavy (non-hydrogen) atoms. The van der Waals surface area contributed by atoms with E-state index in [0.717, 1.165) is 11.7 Å². The fourth-order valence-corrected chi connectivity index (χ4v) is 3.54. The molecule has 1 N–H and O–H groups in total. The van der Waals surface area contributed by atoms with Gasteiger partial charge in [-0.05, 0) is 56.3 Å². The van der Waals surface area contributed by atoms with Crippen molar-refractivity contribution in [2.24, 2.45) is 5.92 Å². The van der Waals surface area contributed by atoms with Gasteiger partial charge in [0.1, 0.15) is 5.75 Å². The van der Waals surface area contributed by atoms with Crippen molar-refractivity contribution in [3.63, 3.8) is 0 Å². The molecule has 2 aliphatic carbocycles. The summed E-state index contributed by atoms with van der Waals surface area (Å²) in [5.74, 6) is 2.01. The second kappa shape index (κ2) is 7.31. The Bertz CT molecular complexity index is 435. The van der Waals surface area contributed by atoms with Gasteiger partial charge >= 0.3 is 0 Å². The lowest BCUT2D eigenvalue weighted by atomic mass is 9.84. The highest BCUT2D eigenvalue weighted by Crippen LogP contribution is 2.32. The second-order valence-electron chi connectivity index (χ2n) is 6.81. The summed E-state index contributed by atoms with van der Waals surface area (Å²) in [5, 5.41) is 3.50. The fourth-order valence-electron chi connectivity index (χ4n) is 3.54. The van der Waals surface area contributed by atoms with Crippen LogP contribution in [0.25, 0.3) is 0 Å². The number of hydrogen-bond donors (Lipinski definition) is 1. The van der Waals surface area contributed by atoms with Crippen molar-refractivity contribution in [1.29, 1.82) is 0 Å². The summed E-state index contributed by atoms with van der Waals surface area (Å²) in [7, 11) is 2.08. The van der Waals surface area contributed by atoms with Gasteiger partial charge in [-0.15, -0.1) is 0 Å². The van der Waals surface area contributed by atoms with Crippen LogP contribution in [0, 0.1) is 5.92 Å². The molecular formula is C19H29NO. The Hall–Kier alpha value is -1.02. The van der Waals surface area contributed by atoms with Crippen LogP contribution >= 0.6 is 0 Å². The summed E-state index contributed by atoms with van der Waals surface area (Å²) in [6, 6.07) is 9.17. The fraction of sp³-hybridized carbons (Fsp3) is 0.684. The molecule has 1 aromatic rings. The molecule has 0 spiro atoms. The summed E-state index contributed by atoms with van der Waals surface area (Å²) < 4.78 is 5.93. The van der Waals surface area contributed by atoms with E-state index in [1.165, 1.54) is 63.4 Å². The van der Waals surface area contributed by atoms with Gasteiger partial charge in [-0.1, -0.05) is 44.2 Å². The van der Waals surface area contributed by atoms with E-state index in [-0.39, 0.29) is 0 Å². The minimum atomic E-state index is 0.467. The number of hydrogen-bond acceptors (Lipinski definition) is 2. The van der Waals surface area contributed by atoms with E-state index in [9.17, 15) is 0 Å². The Labute approximate surface area is 129 Å². The van der Waals surface area contributed by atoms with E-state index >= 15 is 0 Å². The Balaban J connectivity index is 1.56. The molecule has 0 aromatic heterocycles. The van der Waals surface area contributed by atoms with Crippen molar-refractivity contribution in [2.45, 2.75) is 69.9 Å². The topological polar surface area (TPSA) is 21.3 Å². The van der Waals surface area contributed by atoms with Crippen LogP contribution in [0.3, 0.4) is 0 Å². The Morgan fingerprint density at radius 2 is 1.95 bits per heavy atom. The zero-order chi connectivity index (χ0) is 14.5. The molecule has 0 saturated heterocycles. The van der Waals surface area contributed by atoms with Crippen molar-refractivity contribution in [3.05, 3.63) is 29.8 Å². The zero-order valence-electron chi connectivity index (χ0n) is 13.3. The Morgan fingerprint density at radius 3 is 2.67 bits per heavy atom. The maximum atomic E-state index is 5.93. The summed E-state index contributed by atoms with van der Waals surface area (Å²) >= 11 is 0. The lowest BCUT2D eigenvalue weighted by molar-refractivity contribution is 0.301. The van der Waals surface area contributed by atoms with Crippen LogP contribution in [0.4, 0.5) is 0 Å². The minimum absolute atomic E-state index is 0.467. The van der Waals surface area contributed by atoms with E-state index in [2.05, 4.69) is 36.6 Å². The highest BCUT2D eigenvalue weighted by Gasteiger charge is 2.24. The van der Waals surface area contributed by atoms with Gasteiger partial charge in [0, 0.05) is 6.04 Å². The third-order valence-electron chi connectivity index (χ3n) is 5.02. The maximum absolute atomic E-state index is 5.93. The van der Waals surface area contributed by atoms with Gasteiger partial charge < -0.3 is 10.1 Å². The minimum Gasteiger partial charge on any atom is -0.490 e. The first-order valence-corrected chi connectivity index (χ1v) is 8.79. The summed E-state index contributed by atoms with van der Waals surface area (Å²) in [6.07, 6.45) is 12.8. The maximum Gasteiger partial charge on any atom is 0.120 e. The Morgan fingerprint density at radius 1 is 1.14 bits per heavy atom. The van der Waals surface area contributed by atoms with Gasteiger partial charge in [0.2, 0.25) is 0 Å². The highest BCUT2D eigenvalue weighted by atomic mass is 16.5. The molecule has 2 heteroatoms. The third-order valence-corrected chi connectivity index (χ3v) is 5.02. The lowest BCUT2D eigenvalue weighted by Gasteiger charge is -2.24. The third kappa shape index (κ3) is 4.47. The highest BCUT2D eigenvalue weighted by molar-refractivity contribution is 5.31. The summed E-state index contributed by atoms with van der Waals surface area (Å²) in [4.78, 5) is 0. The first-order chi connectivity index (χ1) is 10.3. The van der Waals surface area contributed by atoms with Gasteiger partial charge in [0.25, 0.3) is 0 Å². The molecule has 3 rings (SSSR count). The molecule has 1 atom stereocenters. The standard InChI is InChI=1S/C19H29NO/c1-20-19(13-10-15-6-3-2-4-7-15)16-8-5-9-18(14-16)21-17-11-12-17/h5,8-9,14-15,17,19-20H,2-4,6-7,10-13H2,1H3. The Kier molecular flexibility index (Phi) is 5.18. The van der Waals surface area contributed by atoms with Crippen LogP contribution in [0.2, 0.25) is 0 Å². The molecule has 0 aliphatic heterocycles. The first-order valence-electron chi connectivity index (χ1n) is 8.79. The quantitative estimate of drug-likeness (QED) is 0.774. The summed E-state index contributed by atoms with van der Waals surface area (Å²) in [5.41, 5.74) is 1.38. The average molecular weight is 287 g/mol. The average Bonchev–Trinajstić information content (AvgIpc) is 3.33. The first kappa shape index (κ1) is 14.9. The molecule has 2 nitrogen and oxygen atoms in total. The largest absolute Gasteiger partial charge is 0.490 e. The van der Waals surface area contributed by atoms with Gasteiger partial charge in [-0.2, -0.15) is 0 Å². The van der Waals surface area contributed by atoms with Crippen LogP contribution < -0.4 is 10.1 Å². The predicted octanol–water partition coefficient (Wildman–Crippen LogP) is 4.85. The van der Waals surface area contributed by atoms with E-state index < -0.39 is 0 Å². The molecule has 1 unspecified atom stereocenters. The van der Waals surface area contributed by atoms with Gasteiger partial charge in [-0.25, -0.2) is 0 Å². The molecule has 2 aliphatic rings. The van der Waals surface area contributed by atoms with Crippen LogP contribution in [0.15, 0.2) is 24.3 Å². The SMILES string of the molecule is CNC(CCC1CCCCC1)c1cccc(OC2CC2)c1. The molecule has 2 fully saturated rings. The number of ether oxygens (including phenoxy) is 1. The normalized spacial score (nSPS) is 21.2. The molecule has 2 saturated carbocycles. The van der Waals surface area contributed by atoms with E-state index in [4.69, 9.17) is 4.74 Å². The molecule has 0 amide bonds. The second-order valence-corrected chi connectivity index (χ2v) is 6.81. The number of nitrogens with one attached hydrogen (secondary N) is 1. The molecule has 0 heterocycles.